The number of benzene rings is 2. The minimum Gasteiger partial charge on any atom is -0.0619 e. The van der Waals surface area contributed by atoms with Crippen LogP contribution in [0.15, 0.2) is 70.5 Å². The third kappa shape index (κ3) is 4.19. The fourth-order valence-corrected chi connectivity index (χ4v) is 3.35. The average Bonchev–Trinajstić information content (AvgIpc) is 2.40. The molecule has 0 saturated carbocycles. The molecular weight excluding hydrogens is 248 g/mol. The maximum atomic E-state index is 3.47. The minimum absolute atomic E-state index is 0.0365. The van der Waals surface area contributed by atoms with E-state index in [2.05, 4.69) is 80.5 Å². The zero-order valence-electron chi connectivity index (χ0n) is 11.7. The molecule has 0 saturated heterocycles. The lowest BCUT2D eigenvalue weighted by Crippen LogP contribution is -2.04. The molecule has 0 nitrogen and oxygen atoms in total. The molecule has 2 aromatic carbocycles. The SMILES string of the molecule is CC(C)(C)C#C[S+](c1ccccc1)c1ccccc1. The molecule has 2 aromatic rings. The van der Waals surface area contributed by atoms with E-state index in [1.54, 1.807) is 0 Å². The van der Waals surface area contributed by atoms with E-state index in [1.807, 2.05) is 12.1 Å². The Morgan fingerprint density at radius 2 is 1.16 bits per heavy atom. The van der Waals surface area contributed by atoms with E-state index < -0.39 is 0 Å². The van der Waals surface area contributed by atoms with Crippen molar-refractivity contribution in [2.75, 3.05) is 0 Å². The maximum absolute atomic E-state index is 3.47. The molecule has 0 N–H and O–H groups in total. The zero-order valence-corrected chi connectivity index (χ0v) is 12.5. The van der Waals surface area contributed by atoms with Gasteiger partial charge in [-0.2, -0.15) is 0 Å². The van der Waals surface area contributed by atoms with Gasteiger partial charge < -0.3 is 0 Å². The van der Waals surface area contributed by atoms with Crippen LogP contribution in [0, 0.1) is 16.6 Å². The van der Waals surface area contributed by atoms with Crippen molar-refractivity contribution in [1.29, 1.82) is 0 Å². The van der Waals surface area contributed by atoms with Gasteiger partial charge in [0.1, 0.15) is 10.9 Å². The summed E-state index contributed by atoms with van der Waals surface area (Å²) in [5, 5.41) is 3.47. The third-order valence-corrected chi connectivity index (χ3v) is 4.28. The van der Waals surface area contributed by atoms with Crippen LogP contribution < -0.4 is 0 Å². The Morgan fingerprint density at radius 1 is 0.737 bits per heavy atom. The van der Waals surface area contributed by atoms with E-state index in [4.69, 9.17) is 0 Å². The van der Waals surface area contributed by atoms with Gasteiger partial charge in [0.05, 0.1) is 0 Å². The van der Waals surface area contributed by atoms with Gasteiger partial charge in [0.15, 0.2) is 15.0 Å². The van der Waals surface area contributed by atoms with E-state index in [9.17, 15) is 0 Å². The van der Waals surface area contributed by atoms with Crippen molar-refractivity contribution in [3.63, 3.8) is 0 Å². The normalized spacial score (nSPS) is 10.9. The summed E-state index contributed by atoms with van der Waals surface area (Å²) in [6, 6.07) is 21.1. The predicted molar refractivity (Wildman–Crippen MR) is 84.0 cm³/mol. The van der Waals surface area contributed by atoms with Gasteiger partial charge in [-0.3, -0.25) is 0 Å². The molecule has 0 amide bonds. The van der Waals surface area contributed by atoms with Crippen molar-refractivity contribution >= 4 is 10.9 Å². The van der Waals surface area contributed by atoms with Gasteiger partial charge in [0, 0.05) is 5.41 Å². The van der Waals surface area contributed by atoms with E-state index in [-0.39, 0.29) is 16.3 Å². The van der Waals surface area contributed by atoms with Crippen molar-refractivity contribution in [2.24, 2.45) is 5.41 Å². The second kappa shape index (κ2) is 5.99. The molecule has 0 fully saturated rings. The highest BCUT2D eigenvalue weighted by Crippen LogP contribution is 2.23. The first kappa shape index (κ1) is 13.8. The summed E-state index contributed by atoms with van der Waals surface area (Å²) in [6.45, 7) is 6.45. The van der Waals surface area contributed by atoms with E-state index >= 15 is 0 Å². The Kier molecular flexibility index (Phi) is 4.35. The summed E-state index contributed by atoms with van der Waals surface area (Å²) in [5.41, 5.74) is 0.0365. The Morgan fingerprint density at radius 3 is 1.53 bits per heavy atom. The Hall–Kier alpha value is -1.65. The molecule has 0 aliphatic carbocycles. The molecule has 0 atom stereocenters. The van der Waals surface area contributed by atoms with Crippen molar-refractivity contribution in [3.05, 3.63) is 60.7 Å². The van der Waals surface area contributed by atoms with Crippen LogP contribution in [-0.2, 0) is 10.9 Å². The summed E-state index contributed by atoms with van der Waals surface area (Å²) in [5.74, 6) is 3.38. The fraction of sp³-hybridized carbons (Fsp3) is 0.222. The van der Waals surface area contributed by atoms with Crippen LogP contribution in [0.2, 0.25) is 0 Å². The highest BCUT2D eigenvalue weighted by molar-refractivity contribution is 8.01. The second-order valence-electron chi connectivity index (χ2n) is 5.41. The first-order chi connectivity index (χ1) is 9.06. The van der Waals surface area contributed by atoms with Gasteiger partial charge in [-0.15, -0.1) is 0 Å². The lowest BCUT2D eigenvalue weighted by atomic mass is 9.99. The molecule has 0 bridgehead atoms. The first-order valence-electron chi connectivity index (χ1n) is 6.43. The molecule has 0 unspecified atom stereocenters. The Balaban J connectivity index is 2.42. The monoisotopic (exact) mass is 267 g/mol. The van der Waals surface area contributed by atoms with E-state index in [1.165, 1.54) is 9.79 Å². The van der Waals surface area contributed by atoms with Gasteiger partial charge in [-0.1, -0.05) is 36.4 Å². The average molecular weight is 267 g/mol. The Bertz CT molecular complexity index is 528. The van der Waals surface area contributed by atoms with Crippen molar-refractivity contribution < 1.29 is 0 Å². The van der Waals surface area contributed by atoms with E-state index in [0.717, 1.165) is 0 Å². The summed E-state index contributed by atoms with van der Waals surface area (Å²) in [6.07, 6.45) is 0. The zero-order chi connectivity index (χ0) is 13.7. The number of hydrogen-bond donors (Lipinski definition) is 0. The largest absolute Gasteiger partial charge is 0.175 e. The molecule has 0 aliphatic heterocycles. The maximum Gasteiger partial charge on any atom is 0.175 e. The third-order valence-electron chi connectivity index (χ3n) is 2.49. The topological polar surface area (TPSA) is 0 Å². The van der Waals surface area contributed by atoms with Gasteiger partial charge in [-0.25, -0.2) is 0 Å². The van der Waals surface area contributed by atoms with Gasteiger partial charge in [0.25, 0.3) is 0 Å². The molecule has 96 valence electrons. The quantitative estimate of drug-likeness (QED) is 0.545. The summed E-state index contributed by atoms with van der Waals surface area (Å²) >= 11 is 0. The van der Waals surface area contributed by atoms with Crippen molar-refractivity contribution in [3.8, 4) is 11.2 Å². The highest BCUT2D eigenvalue weighted by atomic mass is 32.2. The number of hydrogen-bond acceptors (Lipinski definition) is 0. The lowest BCUT2D eigenvalue weighted by Gasteiger charge is -2.06. The van der Waals surface area contributed by atoms with Crippen molar-refractivity contribution in [1.82, 2.24) is 0 Å². The van der Waals surface area contributed by atoms with Crippen LogP contribution in [-0.4, -0.2) is 0 Å². The van der Waals surface area contributed by atoms with Gasteiger partial charge in [0.2, 0.25) is 0 Å². The molecule has 0 heterocycles. The summed E-state index contributed by atoms with van der Waals surface area (Å²) < 4.78 is 0. The fourth-order valence-electron chi connectivity index (χ4n) is 1.57. The molecular formula is C18H19S+. The van der Waals surface area contributed by atoms with Crippen LogP contribution in [0.3, 0.4) is 0 Å². The van der Waals surface area contributed by atoms with Crippen molar-refractivity contribution in [2.45, 2.75) is 30.6 Å². The summed E-state index contributed by atoms with van der Waals surface area (Å²) in [7, 11) is -0.159. The molecule has 2 rings (SSSR count). The standard InChI is InChI=1S/C18H19S/c1-18(2,3)14-15-19(16-10-6-4-7-11-16)17-12-8-5-9-13-17/h4-13H,1-3H3/q+1. The molecule has 0 spiro atoms. The van der Waals surface area contributed by atoms with Crippen LogP contribution in [0.1, 0.15) is 20.8 Å². The highest BCUT2D eigenvalue weighted by Gasteiger charge is 2.23. The Labute approximate surface area is 119 Å². The summed E-state index contributed by atoms with van der Waals surface area (Å²) in [4.78, 5) is 2.57. The second-order valence-corrected chi connectivity index (χ2v) is 7.17. The molecule has 19 heavy (non-hydrogen) atoms. The molecule has 0 aliphatic rings. The van der Waals surface area contributed by atoms with Crippen LogP contribution in [0.5, 0.6) is 0 Å². The first-order valence-corrected chi connectivity index (χ1v) is 7.66. The minimum atomic E-state index is -0.159. The van der Waals surface area contributed by atoms with Crippen LogP contribution in [0.4, 0.5) is 0 Å². The smallest absolute Gasteiger partial charge is 0.0619 e. The molecule has 0 radical (unpaired) electrons. The lowest BCUT2D eigenvalue weighted by molar-refractivity contribution is 0.571. The van der Waals surface area contributed by atoms with Crippen LogP contribution in [0.25, 0.3) is 0 Å². The van der Waals surface area contributed by atoms with Crippen LogP contribution >= 0.6 is 0 Å². The molecule has 1 heteroatoms. The van der Waals surface area contributed by atoms with E-state index in [0.29, 0.717) is 0 Å². The van der Waals surface area contributed by atoms with Gasteiger partial charge >= 0.3 is 0 Å². The molecule has 0 aromatic heterocycles. The predicted octanol–water partition coefficient (Wildman–Crippen LogP) is 4.73. The van der Waals surface area contributed by atoms with Gasteiger partial charge in [-0.05, 0) is 51.0 Å². The number of rotatable bonds is 2.